The van der Waals surface area contributed by atoms with E-state index < -0.39 is 37.4 Å². The molecular weight excluding hydrogens is 517 g/mol. The molecule has 0 bridgehead atoms. The molecule has 1 N–H and O–H groups in total. The highest BCUT2D eigenvalue weighted by Crippen LogP contribution is 2.36. The van der Waals surface area contributed by atoms with Crippen LogP contribution in [0.2, 0.25) is 0 Å². The van der Waals surface area contributed by atoms with Gasteiger partial charge in [0.25, 0.3) is 11.6 Å². The van der Waals surface area contributed by atoms with Gasteiger partial charge in [-0.2, -0.15) is 9.78 Å². The Balaban J connectivity index is 1.86. The summed E-state index contributed by atoms with van der Waals surface area (Å²) in [5.41, 5.74) is 0.377. The molecule has 202 valence electrons. The Morgan fingerprint density at radius 3 is 2.47 bits per heavy atom. The van der Waals surface area contributed by atoms with Gasteiger partial charge in [-0.25, -0.2) is 17.5 Å². The summed E-state index contributed by atoms with van der Waals surface area (Å²) in [4.78, 5) is 25.2. The fraction of sp³-hybridized carbons (Fsp3) is 0.360. The third-order valence-corrected chi connectivity index (χ3v) is 7.95. The first-order valence-corrected chi connectivity index (χ1v) is 13.6. The number of benzene rings is 2. The number of nitrogens with zero attached hydrogens (tertiary/aromatic N) is 4. The normalized spacial score (nSPS) is 14.5. The molecule has 1 aliphatic heterocycles. The fourth-order valence-corrected chi connectivity index (χ4v) is 5.53. The summed E-state index contributed by atoms with van der Waals surface area (Å²) in [5, 5.41) is 15.9. The zero-order valence-electron chi connectivity index (χ0n) is 21.2. The number of aromatic nitrogens is 2. The number of amides is 1. The van der Waals surface area contributed by atoms with Gasteiger partial charge in [-0.3, -0.25) is 14.9 Å². The molecule has 1 aromatic heterocycles. The first kappa shape index (κ1) is 27.2. The van der Waals surface area contributed by atoms with Gasteiger partial charge in [-0.05, 0) is 63.4 Å². The van der Waals surface area contributed by atoms with Crippen molar-refractivity contribution in [1.82, 2.24) is 19.4 Å². The molecule has 0 aliphatic carbocycles. The van der Waals surface area contributed by atoms with Gasteiger partial charge in [0.2, 0.25) is 15.9 Å². The van der Waals surface area contributed by atoms with Crippen molar-refractivity contribution in [2.75, 3.05) is 13.1 Å². The lowest BCUT2D eigenvalue weighted by molar-refractivity contribution is -0.385. The number of hydrogen-bond acceptors (Lipinski definition) is 7. The van der Waals surface area contributed by atoms with Crippen molar-refractivity contribution in [2.45, 2.75) is 51.0 Å². The first-order valence-electron chi connectivity index (χ1n) is 12.1. The number of carbonyl (C=O) groups is 1. The van der Waals surface area contributed by atoms with Crippen LogP contribution in [0.25, 0.3) is 5.69 Å². The maximum atomic E-state index is 13.6. The predicted octanol–water partition coefficient (Wildman–Crippen LogP) is 4.33. The van der Waals surface area contributed by atoms with E-state index in [9.17, 15) is 27.7 Å². The topological polar surface area (TPSA) is 137 Å². The molecule has 38 heavy (non-hydrogen) atoms. The lowest BCUT2D eigenvalue weighted by Gasteiger charge is -2.16. The molecule has 11 nitrogen and oxygen atoms in total. The third-order valence-electron chi connectivity index (χ3n) is 6.34. The van der Waals surface area contributed by atoms with Crippen molar-refractivity contribution in [3.05, 3.63) is 69.7 Å². The summed E-state index contributed by atoms with van der Waals surface area (Å²) < 4.78 is 49.9. The number of rotatable bonds is 9. The van der Waals surface area contributed by atoms with Crippen molar-refractivity contribution in [3.8, 4) is 17.3 Å². The number of carbonyl (C=O) groups excluding carboxylic acids is 1. The number of likely N-dealkylation sites (tertiary alicyclic amines) is 1. The molecule has 3 aromatic rings. The molecule has 4 rings (SSSR count). The standard InChI is InChI=1S/C25H28FN5O6S/c1-4-16(2)28-38(35,36)22-15-20(31(33)34)11-12-21(22)37-25-17(3)23(24(32)29-13-5-6-14-29)27-30(25)19-9-7-18(26)8-10-19/h7-12,15-16,28H,4-6,13-14H2,1-3H3/t16-/m0/s1. The number of nitro benzene ring substituents is 1. The highest BCUT2D eigenvalue weighted by atomic mass is 32.2. The van der Waals surface area contributed by atoms with Crippen molar-refractivity contribution in [2.24, 2.45) is 0 Å². The van der Waals surface area contributed by atoms with E-state index in [-0.39, 0.29) is 23.2 Å². The number of hydrogen-bond donors (Lipinski definition) is 1. The summed E-state index contributed by atoms with van der Waals surface area (Å²) in [5.74, 6) is -0.958. The molecule has 2 heterocycles. The zero-order valence-corrected chi connectivity index (χ0v) is 22.0. The zero-order chi connectivity index (χ0) is 27.6. The maximum absolute atomic E-state index is 13.6. The van der Waals surface area contributed by atoms with Crippen LogP contribution in [0.3, 0.4) is 0 Å². The van der Waals surface area contributed by atoms with Crippen LogP contribution in [0.4, 0.5) is 10.1 Å². The molecule has 0 spiro atoms. The highest BCUT2D eigenvalue weighted by Gasteiger charge is 2.30. The van der Waals surface area contributed by atoms with Gasteiger partial charge >= 0.3 is 0 Å². The van der Waals surface area contributed by atoms with E-state index in [2.05, 4.69) is 9.82 Å². The monoisotopic (exact) mass is 545 g/mol. The largest absolute Gasteiger partial charge is 0.437 e. The van der Waals surface area contributed by atoms with Gasteiger partial charge in [0.1, 0.15) is 16.5 Å². The van der Waals surface area contributed by atoms with E-state index in [0.717, 1.165) is 25.0 Å². The van der Waals surface area contributed by atoms with Crippen molar-refractivity contribution >= 4 is 21.6 Å². The molecule has 0 saturated carbocycles. The van der Waals surface area contributed by atoms with Crippen LogP contribution in [-0.2, 0) is 10.0 Å². The average Bonchev–Trinajstić information content (AvgIpc) is 3.53. The molecule has 1 aliphatic rings. The van der Waals surface area contributed by atoms with E-state index in [1.54, 1.807) is 25.7 Å². The summed E-state index contributed by atoms with van der Waals surface area (Å²) in [7, 11) is -4.23. The second kappa shape index (κ2) is 10.9. The molecular formula is C25H28FN5O6S. The Hall–Kier alpha value is -3.84. The van der Waals surface area contributed by atoms with Crippen molar-refractivity contribution < 1.29 is 27.3 Å². The number of non-ortho nitro benzene ring substituents is 1. The minimum Gasteiger partial charge on any atom is -0.437 e. The molecule has 1 atom stereocenters. The predicted molar refractivity (Wildman–Crippen MR) is 137 cm³/mol. The third kappa shape index (κ3) is 5.53. The fourth-order valence-electron chi connectivity index (χ4n) is 4.05. The molecule has 1 saturated heterocycles. The smallest absolute Gasteiger partial charge is 0.274 e. The van der Waals surface area contributed by atoms with E-state index in [1.807, 2.05) is 0 Å². The van der Waals surface area contributed by atoms with Crippen LogP contribution in [0.15, 0.2) is 47.4 Å². The van der Waals surface area contributed by atoms with E-state index >= 15 is 0 Å². The van der Waals surface area contributed by atoms with Crippen molar-refractivity contribution in [1.29, 1.82) is 0 Å². The minimum atomic E-state index is -4.23. The quantitative estimate of drug-likeness (QED) is 0.312. The summed E-state index contributed by atoms with van der Waals surface area (Å²) >= 11 is 0. The molecule has 0 radical (unpaired) electrons. The number of nitro groups is 1. The Kier molecular flexibility index (Phi) is 7.78. The Bertz CT molecular complexity index is 1470. The molecule has 0 unspecified atom stereocenters. The number of halogens is 1. The number of nitrogens with one attached hydrogen (secondary N) is 1. The molecule has 1 amide bonds. The summed E-state index contributed by atoms with van der Waals surface area (Å²) in [6.07, 6.45) is 2.24. The number of sulfonamides is 1. The lowest BCUT2D eigenvalue weighted by atomic mass is 10.2. The van der Waals surface area contributed by atoms with E-state index in [1.165, 1.54) is 35.0 Å². The highest BCUT2D eigenvalue weighted by molar-refractivity contribution is 7.89. The van der Waals surface area contributed by atoms with Gasteiger partial charge in [0.05, 0.1) is 10.6 Å². The summed E-state index contributed by atoms with van der Waals surface area (Å²) in [6, 6.07) is 8.11. The van der Waals surface area contributed by atoms with Crippen LogP contribution >= 0.6 is 0 Å². The van der Waals surface area contributed by atoms with Gasteiger partial charge in [0.15, 0.2) is 5.69 Å². The molecule has 2 aromatic carbocycles. The van der Waals surface area contributed by atoms with Crippen LogP contribution in [0.5, 0.6) is 11.6 Å². The number of ether oxygens (including phenoxy) is 1. The van der Waals surface area contributed by atoms with Gasteiger partial charge in [0, 0.05) is 36.8 Å². The van der Waals surface area contributed by atoms with E-state index in [0.29, 0.717) is 30.8 Å². The van der Waals surface area contributed by atoms with Crippen LogP contribution in [0, 0.1) is 22.9 Å². The van der Waals surface area contributed by atoms with Gasteiger partial charge in [-0.1, -0.05) is 6.92 Å². The maximum Gasteiger partial charge on any atom is 0.274 e. The van der Waals surface area contributed by atoms with Crippen LogP contribution in [0.1, 0.15) is 49.2 Å². The van der Waals surface area contributed by atoms with Gasteiger partial charge in [-0.15, -0.1) is 0 Å². The second-order valence-electron chi connectivity index (χ2n) is 9.09. The lowest BCUT2D eigenvalue weighted by Crippen LogP contribution is -2.32. The first-order chi connectivity index (χ1) is 18.0. The Morgan fingerprint density at radius 1 is 1.21 bits per heavy atom. The molecule has 1 fully saturated rings. The average molecular weight is 546 g/mol. The minimum absolute atomic E-state index is 0.0213. The second-order valence-corrected chi connectivity index (χ2v) is 10.8. The van der Waals surface area contributed by atoms with Crippen LogP contribution in [-0.4, -0.2) is 53.1 Å². The Labute approximate surface area is 219 Å². The SMILES string of the molecule is CC[C@H](C)NS(=O)(=O)c1cc([N+](=O)[O-])ccc1Oc1c(C)c(C(=O)N2CCCC2)nn1-c1ccc(F)cc1. The molecule has 13 heteroatoms. The van der Waals surface area contributed by atoms with E-state index in [4.69, 9.17) is 4.74 Å². The van der Waals surface area contributed by atoms with Crippen molar-refractivity contribution in [3.63, 3.8) is 0 Å². The van der Waals surface area contributed by atoms with Crippen LogP contribution < -0.4 is 9.46 Å². The Morgan fingerprint density at radius 2 is 1.87 bits per heavy atom. The summed E-state index contributed by atoms with van der Waals surface area (Å²) in [6.45, 7) is 6.25. The van der Waals surface area contributed by atoms with Gasteiger partial charge < -0.3 is 9.64 Å².